The number of pyridine rings is 1. The van der Waals surface area contributed by atoms with Crippen LogP contribution in [-0.2, 0) is 11.2 Å². The number of fused-ring (bicyclic) bond motifs is 1. The number of hydrogen-bond acceptors (Lipinski definition) is 2. The molecule has 2 aromatic carbocycles. The van der Waals surface area contributed by atoms with Gasteiger partial charge < -0.3 is 5.32 Å². The van der Waals surface area contributed by atoms with Gasteiger partial charge >= 0.3 is 0 Å². The molecule has 138 valence electrons. The van der Waals surface area contributed by atoms with Crippen LogP contribution >= 0.6 is 11.6 Å². The monoisotopic (exact) mass is 378 g/mol. The van der Waals surface area contributed by atoms with Crippen LogP contribution in [0.5, 0.6) is 0 Å². The molecule has 0 aliphatic heterocycles. The molecule has 3 nitrogen and oxygen atoms in total. The second kappa shape index (κ2) is 8.10. The highest BCUT2D eigenvalue weighted by atomic mass is 35.5. The molecular weight excluding hydrogens is 356 g/mol. The van der Waals surface area contributed by atoms with Crippen LogP contribution in [0.25, 0.3) is 10.9 Å². The van der Waals surface area contributed by atoms with Gasteiger partial charge in [0.05, 0.1) is 11.9 Å². The SMILES string of the molecule is O=C(Cc1ccc(Cl)cc1)NC1CCC(c2ccnc3ccccc23)CC1. The van der Waals surface area contributed by atoms with E-state index in [-0.39, 0.29) is 11.9 Å². The Morgan fingerprint density at radius 1 is 1.00 bits per heavy atom. The largest absolute Gasteiger partial charge is 0.353 e. The van der Waals surface area contributed by atoms with E-state index in [1.807, 2.05) is 36.5 Å². The van der Waals surface area contributed by atoms with Crippen LogP contribution in [0.15, 0.2) is 60.8 Å². The minimum atomic E-state index is 0.0927. The van der Waals surface area contributed by atoms with Gasteiger partial charge in [-0.05, 0) is 67.0 Å². The maximum Gasteiger partial charge on any atom is 0.224 e. The molecule has 3 aromatic rings. The van der Waals surface area contributed by atoms with E-state index >= 15 is 0 Å². The van der Waals surface area contributed by atoms with Gasteiger partial charge in [0.15, 0.2) is 0 Å². The predicted octanol–water partition coefficient (Wildman–Crippen LogP) is 5.27. The lowest BCUT2D eigenvalue weighted by Gasteiger charge is -2.30. The molecule has 1 heterocycles. The number of carbonyl (C=O) groups is 1. The van der Waals surface area contributed by atoms with E-state index < -0.39 is 0 Å². The molecule has 0 spiro atoms. The lowest BCUT2D eigenvalue weighted by atomic mass is 9.80. The van der Waals surface area contributed by atoms with E-state index in [1.165, 1.54) is 10.9 Å². The van der Waals surface area contributed by atoms with E-state index in [4.69, 9.17) is 11.6 Å². The van der Waals surface area contributed by atoms with Crippen molar-refractivity contribution in [2.24, 2.45) is 0 Å². The highest BCUT2D eigenvalue weighted by molar-refractivity contribution is 6.30. The molecule has 1 fully saturated rings. The summed E-state index contributed by atoms with van der Waals surface area (Å²) in [5.74, 6) is 0.637. The Balaban J connectivity index is 1.34. The first kappa shape index (κ1) is 18.0. The molecule has 1 N–H and O–H groups in total. The Labute approximate surface area is 164 Å². The maximum absolute atomic E-state index is 12.3. The van der Waals surface area contributed by atoms with Gasteiger partial charge in [-0.3, -0.25) is 9.78 Å². The minimum absolute atomic E-state index is 0.0927. The number of para-hydroxylation sites is 1. The van der Waals surface area contributed by atoms with Crippen molar-refractivity contribution in [1.82, 2.24) is 10.3 Å². The van der Waals surface area contributed by atoms with E-state index in [0.717, 1.165) is 36.8 Å². The number of hydrogen-bond donors (Lipinski definition) is 1. The smallest absolute Gasteiger partial charge is 0.224 e. The van der Waals surface area contributed by atoms with E-state index in [9.17, 15) is 4.79 Å². The molecule has 0 radical (unpaired) electrons. The van der Waals surface area contributed by atoms with Crippen molar-refractivity contribution < 1.29 is 4.79 Å². The van der Waals surface area contributed by atoms with Crippen LogP contribution in [0.4, 0.5) is 0 Å². The van der Waals surface area contributed by atoms with E-state index in [0.29, 0.717) is 17.4 Å². The van der Waals surface area contributed by atoms with Gasteiger partial charge in [-0.15, -0.1) is 0 Å². The highest BCUT2D eigenvalue weighted by Gasteiger charge is 2.24. The second-order valence-electron chi connectivity index (χ2n) is 7.34. The summed E-state index contributed by atoms with van der Waals surface area (Å²) in [5.41, 5.74) is 3.45. The van der Waals surface area contributed by atoms with Crippen molar-refractivity contribution in [3.05, 3.63) is 76.9 Å². The Morgan fingerprint density at radius 3 is 2.52 bits per heavy atom. The van der Waals surface area contributed by atoms with Gasteiger partial charge in [-0.25, -0.2) is 0 Å². The minimum Gasteiger partial charge on any atom is -0.353 e. The maximum atomic E-state index is 12.3. The fourth-order valence-corrected chi connectivity index (χ4v) is 4.22. The quantitative estimate of drug-likeness (QED) is 0.671. The lowest BCUT2D eigenvalue weighted by molar-refractivity contribution is -0.121. The van der Waals surface area contributed by atoms with Crippen LogP contribution in [-0.4, -0.2) is 16.9 Å². The number of aromatic nitrogens is 1. The topological polar surface area (TPSA) is 42.0 Å². The van der Waals surface area contributed by atoms with Crippen LogP contribution in [0.1, 0.15) is 42.7 Å². The molecule has 1 amide bonds. The Bertz CT molecular complexity index is 925. The standard InChI is InChI=1S/C23H23ClN2O/c24-18-9-5-16(6-10-18)15-23(27)26-19-11-7-17(8-12-19)20-13-14-25-22-4-2-1-3-21(20)22/h1-6,9-10,13-14,17,19H,7-8,11-12,15H2,(H,26,27). The van der Waals surface area contributed by atoms with Gasteiger partial charge in [-0.2, -0.15) is 0 Å². The number of nitrogens with zero attached hydrogens (tertiary/aromatic N) is 1. The molecule has 1 aromatic heterocycles. The molecule has 0 bridgehead atoms. The summed E-state index contributed by atoms with van der Waals surface area (Å²) in [5, 5.41) is 5.16. The summed E-state index contributed by atoms with van der Waals surface area (Å²) in [6, 6.07) is 18.3. The zero-order valence-corrected chi connectivity index (χ0v) is 16.0. The first-order chi connectivity index (χ1) is 13.2. The number of halogens is 1. The summed E-state index contributed by atoms with van der Waals surface area (Å²) in [6.07, 6.45) is 6.56. The second-order valence-corrected chi connectivity index (χ2v) is 7.77. The average molecular weight is 379 g/mol. The number of rotatable bonds is 4. The van der Waals surface area contributed by atoms with Crippen molar-refractivity contribution in [3.8, 4) is 0 Å². The predicted molar refractivity (Wildman–Crippen MR) is 110 cm³/mol. The fraction of sp³-hybridized carbons (Fsp3) is 0.304. The normalized spacial score (nSPS) is 19.7. The third-order valence-corrected chi connectivity index (χ3v) is 5.74. The summed E-state index contributed by atoms with van der Waals surface area (Å²) in [6.45, 7) is 0. The zero-order chi connectivity index (χ0) is 18.6. The summed E-state index contributed by atoms with van der Waals surface area (Å²) >= 11 is 5.90. The molecule has 1 aliphatic carbocycles. The number of amides is 1. The van der Waals surface area contributed by atoms with Crippen molar-refractivity contribution in [1.29, 1.82) is 0 Å². The Morgan fingerprint density at radius 2 is 1.74 bits per heavy atom. The van der Waals surface area contributed by atoms with Gasteiger partial charge in [0.25, 0.3) is 0 Å². The van der Waals surface area contributed by atoms with Gasteiger partial charge in [-0.1, -0.05) is 41.9 Å². The van der Waals surface area contributed by atoms with Crippen molar-refractivity contribution in [3.63, 3.8) is 0 Å². The molecule has 4 rings (SSSR count). The number of nitrogens with one attached hydrogen (secondary N) is 1. The van der Waals surface area contributed by atoms with Gasteiger partial charge in [0.2, 0.25) is 5.91 Å². The fourth-order valence-electron chi connectivity index (χ4n) is 4.09. The lowest BCUT2D eigenvalue weighted by Crippen LogP contribution is -2.38. The van der Waals surface area contributed by atoms with Crippen LogP contribution in [0.3, 0.4) is 0 Å². The number of benzene rings is 2. The first-order valence-electron chi connectivity index (χ1n) is 9.56. The molecular formula is C23H23ClN2O. The summed E-state index contributed by atoms with van der Waals surface area (Å²) in [7, 11) is 0. The molecule has 1 saturated carbocycles. The van der Waals surface area contributed by atoms with E-state index in [2.05, 4.69) is 34.6 Å². The van der Waals surface area contributed by atoms with E-state index in [1.54, 1.807) is 0 Å². The Hall–Kier alpha value is -2.39. The third kappa shape index (κ3) is 4.30. The third-order valence-electron chi connectivity index (χ3n) is 5.49. The summed E-state index contributed by atoms with van der Waals surface area (Å²) in [4.78, 5) is 16.8. The highest BCUT2D eigenvalue weighted by Crippen LogP contribution is 2.36. The van der Waals surface area contributed by atoms with Gasteiger partial charge in [0.1, 0.15) is 0 Å². The van der Waals surface area contributed by atoms with Crippen LogP contribution in [0, 0.1) is 0 Å². The molecule has 27 heavy (non-hydrogen) atoms. The molecule has 0 saturated heterocycles. The van der Waals surface area contributed by atoms with Gasteiger partial charge in [0, 0.05) is 22.6 Å². The first-order valence-corrected chi connectivity index (χ1v) is 9.94. The molecule has 0 unspecified atom stereocenters. The average Bonchev–Trinajstić information content (AvgIpc) is 2.70. The van der Waals surface area contributed by atoms with Crippen LogP contribution < -0.4 is 5.32 Å². The van der Waals surface area contributed by atoms with Crippen molar-refractivity contribution in [2.75, 3.05) is 0 Å². The summed E-state index contributed by atoms with van der Waals surface area (Å²) < 4.78 is 0. The van der Waals surface area contributed by atoms with Crippen molar-refractivity contribution >= 4 is 28.4 Å². The zero-order valence-electron chi connectivity index (χ0n) is 15.2. The molecule has 1 aliphatic rings. The molecule has 0 atom stereocenters. The molecule has 4 heteroatoms. The number of carbonyl (C=O) groups excluding carboxylic acids is 1. The Kier molecular flexibility index (Phi) is 5.40. The van der Waals surface area contributed by atoms with Crippen LogP contribution in [0.2, 0.25) is 5.02 Å². The van der Waals surface area contributed by atoms with Crippen molar-refractivity contribution in [2.45, 2.75) is 44.1 Å².